The number of hydrogen-bond acceptors (Lipinski definition) is 5. The Labute approximate surface area is 144 Å². The second-order valence-corrected chi connectivity index (χ2v) is 6.91. The van der Waals surface area contributed by atoms with Crippen molar-refractivity contribution in [3.05, 3.63) is 48.0 Å². The first-order valence-electron chi connectivity index (χ1n) is 8.06. The molecule has 0 aromatic carbocycles. The van der Waals surface area contributed by atoms with E-state index in [0.717, 1.165) is 30.3 Å². The third kappa shape index (κ3) is 2.75. The van der Waals surface area contributed by atoms with Gasteiger partial charge >= 0.3 is 0 Å². The molecule has 6 nitrogen and oxygen atoms in total. The van der Waals surface area contributed by atoms with Gasteiger partial charge in [0.05, 0.1) is 6.42 Å². The fraction of sp³-hybridized carbons (Fsp3) is 0.353. The number of carbonyl (C=O) groups is 1. The standard InChI is InChI=1S/C17H19N5OS/c1-13-11-20(14-2-4-18-5-3-14)8-9-21(13)16(23)10-15-12-24-17-19-6-7-22(15)17/h2-7,12-13H,8-11H2,1H3. The smallest absolute Gasteiger partial charge is 0.228 e. The Hall–Kier alpha value is -2.41. The van der Waals surface area contributed by atoms with Gasteiger partial charge in [0.15, 0.2) is 4.96 Å². The Bertz CT molecular complexity index is 843. The molecule has 1 aliphatic heterocycles. The van der Waals surface area contributed by atoms with Crippen LogP contribution in [0.25, 0.3) is 4.96 Å². The molecule has 0 aliphatic carbocycles. The first-order chi connectivity index (χ1) is 11.7. The predicted octanol–water partition coefficient (Wildman–Crippen LogP) is 2.07. The zero-order valence-electron chi connectivity index (χ0n) is 13.5. The van der Waals surface area contributed by atoms with Crippen LogP contribution in [0, 0.1) is 0 Å². The SMILES string of the molecule is CC1CN(c2ccncc2)CCN1C(=O)Cc1csc2nccn12. The van der Waals surface area contributed by atoms with E-state index in [0.29, 0.717) is 6.42 Å². The lowest BCUT2D eigenvalue weighted by Crippen LogP contribution is -2.54. The van der Waals surface area contributed by atoms with Crippen LogP contribution in [0.1, 0.15) is 12.6 Å². The monoisotopic (exact) mass is 341 g/mol. The summed E-state index contributed by atoms with van der Waals surface area (Å²) in [6.45, 7) is 4.56. The van der Waals surface area contributed by atoms with E-state index < -0.39 is 0 Å². The fourth-order valence-corrected chi connectivity index (χ4v) is 4.13. The summed E-state index contributed by atoms with van der Waals surface area (Å²) in [5.74, 6) is 0.185. The molecular formula is C17H19N5OS. The van der Waals surface area contributed by atoms with Crippen molar-refractivity contribution in [2.24, 2.45) is 0 Å². The molecule has 0 spiro atoms. The van der Waals surface area contributed by atoms with Crippen LogP contribution in [0.4, 0.5) is 5.69 Å². The van der Waals surface area contributed by atoms with Gasteiger partial charge in [-0.25, -0.2) is 4.98 Å². The topological polar surface area (TPSA) is 53.7 Å². The van der Waals surface area contributed by atoms with Gasteiger partial charge in [0.2, 0.25) is 5.91 Å². The van der Waals surface area contributed by atoms with Crippen molar-refractivity contribution < 1.29 is 4.79 Å². The van der Waals surface area contributed by atoms with Crippen molar-refractivity contribution in [1.82, 2.24) is 19.3 Å². The van der Waals surface area contributed by atoms with Crippen LogP contribution in [0.3, 0.4) is 0 Å². The summed E-state index contributed by atoms with van der Waals surface area (Å²) in [6, 6.07) is 4.23. The number of thiazole rings is 1. The highest BCUT2D eigenvalue weighted by Crippen LogP contribution is 2.20. The number of aromatic nitrogens is 3. The summed E-state index contributed by atoms with van der Waals surface area (Å²) in [5.41, 5.74) is 2.18. The van der Waals surface area contributed by atoms with Gasteiger partial charge in [-0.2, -0.15) is 0 Å². The number of hydrogen-bond donors (Lipinski definition) is 0. The van der Waals surface area contributed by atoms with E-state index in [-0.39, 0.29) is 11.9 Å². The van der Waals surface area contributed by atoms with E-state index in [9.17, 15) is 4.79 Å². The second kappa shape index (κ2) is 6.24. The van der Waals surface area contributed by atoms with Crippen LogP contribution in [0.15, 0.2) is 42.3 Å². The summed E-state index contributed by atoms with van der Waals surface area (Å²) >= 11 is 1.57. The lowest BCUT2D eigenvalue weighted by molar-refractivity contribution is -0.132. The van der Waals surface area contributed by atoms with Gasteiger partial charge in [-0.15, -0.1) is 11.3 Å². The normalized spacial score (nSPS) is 18.3. The minimum atomic E-state index is 0.185. The zero-order chi connectivity index (χ0) is 16.5. The molecule has 1 amide bonds. The Morgan fingerprint density at radius 1 is 1.29 bits per heavy atom. The van der Waals surface area contributed by atoms with Crippen molar-refractivity contribution in [2.75, 3.05) is 24.5 Å². The molecule has 1 unspecified atom stereocenters. The summed E-state index contributed by atoms with van der Waals surface area (Å²) in [7, 11) is 0. The molecule has 7 heteroatoms. The Balaban J connectivity index is 1.44. The molecule has 1 aliphatic rings. The molecule has 4 heterocycles. The van der Waals surface area contributed by atoms with Crippen molar-refractivity contribution in [3.8, 4) is 0 Å². The third-order valence-corrected chi connectivity index (χ3v) is 5.43. The van der Waals surface area contributed by atoms with Crippen LogP contribution in [0.5, 0.6) is 0 Å². The molecule has 3 aromatic heterocycles. The van der Waals surface area contributed by atoms with E-state index >= 15 is 0 Å². The number of piperazine rings is 1. The molecule has 4 rings (SSSR count). The van der Waals surface area contributed by atoms with Crippen LogP contribution in [-0.2, 0) is 11.2 Å². The molecule has 0 N–H and O–H groups in total. The Morgan fingerprint density at radius 2 is 2.12 bits per heavy atom. The quantitative estimate of drug-likeness (QED) is 0.732. The first-order valence-corrected chi connectivity index (χ1v) is 8.94. The van der Waals surface area contributed by atoms with Gasteiger partial charge in [-0.1, -0.05) is 0 Å². The van der Waals surface area contributed by atoms with Crippen LogP contribution in [0.2, 0.25) is 0 Å². The highest BCUT2D eigenvalue weighted by molar-refractivity contribution is 7.15. The number of fused-ring (bicyclic) bond motifs is 1. The van der Waals surface area contributed by atoms with Gasteiger partial charge in [-0.05, 0) is 19.1 Å². The van der Waals surface area contributed by atoms with Gasteiger partial charge in [0.25, 0.3) is 0 Å². The molecule has 0 bridgehead atoms. The zero-order valence-corrected chi connectivity index (χ0v) is 14.3. The average Bonchev–Trinajstić information content (AvgIpc) is 3.20. The van der Waals surface area contributed by atoms with Crippen molar-refractivity contribution >= 4 is 27.9 Å². The fourth-order valence-electron chi connectivity index (χ4n) is 3.27. The molecule has 24 heavy (non-hydrogen) atoms. The van der Waals surface area contributed by atoms with Gasteiger partial charge in [0.1, 0.15) is 0 Å². The highest BCUT2D eigenvalue weighted by atomic mass is 32.1. The summed E-state index contributed by atoms with van der Waals surface area (Å²) in [4.78, 5) is 26.3. The van der Waals surface area contributed by atoms with Gasteiger partial charge < -0.3 is 9.80 Å². The Morgan fingerprint density at radius 3 is 2.92 bits per heavy atom. The number of imidazole rings is 1. The van der Waals surface area contributed by atoms with Crippen molar-refractivity contribution in [1.29, 1.82) is 0 Å². The van der Waals surface area contributed by atoms with E-state index in [4.69, 9.17) is 0 Å². The predicted molar refractivity (Wildman–Crippen MR) is 94.4 cm³/mol. The lowest BCUT2D eigenvalue weighted by atomic mass is 10.1. The number of carbonyl (C=O) groups excluding carboxylic acids is 1. The molecule has 1 atom stereocenters. The molecule has 0 radical (unpaired) electrons. The molecular weight excluding hydrogens is 322 g/mol. The van der Waals surface area contributed by atoms with Gasteiger partial charge in [-0.3, -0.25) is 14.2 Å². The van der Waals surface area contributed by atoms with Gasteiger partial charge in [0, 0.05) is 67.2 Å². The van der Waals surface area contributed by atoms with Crippen LogP contribution in [-0.4, -0.2) is 50.9 Å². The molecule has 1 saturated heterocycles. The molecule has 3 aromatic rings. The summed E-state index contributed by atoms with van der Waals surface area (Å²) in [5, 5.41) is 2.03. The number of amides is 1. The lowest BCUT2D eigenvalue weighted by Gasteiger charge is -2.41. The van der Waals surface area contributed by atoms with E-state index in [1.54, 1.807) is 17.5 Å². The van der Waals surface area contributed by atoms with E-state index in [1.807, 2.05) is 45.4 Å². The summed E-state index contributed by atoms with van der Waals surface area (Å²) < 4.78 is 2.00. The third-order valence-electron chi connectivity index (χ3n) is 4.52. The minimum Gasteiger partial charge on any atom is -0.368 e. The number of anilines is 1. The van der Waals surface area contributed by atoms with Crippen molar-refractivity contribution in [3.63, 3.8) is 0 Å². The average molecular weight is 341 g/mol. The number of rotatable bonds is 3. The maximum absolute atomic E-state index is 12.8. The van der Waals surface area contributed by atoms with Crippen LogP contribution >= 0.6 is 11.3 Å². The minimum absolute atomic E-state index is 0.185. The maximum atomic E-state index is 12.8. The maximum Gasteiger partial charge on any atom is 0.228 e. The number of nitrogens with zero attached hydrogens (tertiary/aromatic N) is 5. The highest BCUT2D eigenvalue weighted by Gasteiger charge is 2.28. The van der Waals surface area contributed by atoms with Crippen LogP contribution < -0.4 is 4.90 Å². The Kier molecular flexibility index (Phi) is 3.93. The van der Waals surface area contributed by atoms with Crippen molar-refractivity contribution in [2.45, 2.75) is 19.4 Å². The van der Waals surface area contributed by atoms with E-state index in [1.165, 1.54) is 5.69 Å². The second-order valence-electron chi connectivity index (χ2n) is 6.07. The molecule has 124 valence electrons. The number of pyridine rings is 1. The largest absolute Gasteiger partial charge is 0.368 e. The molecule has 0 saturated carbocycles. The van der Waals surface area contributed by atoms with E-state index in [2.05, 4.69) is 21.8 Å². The molecule has 1 fully saturated rings. The first kappa shape index (κ1) is 15.1. The summed E-state index contributed by atoms with van der Waals surface area (Å²) in [6.07, 6.45) is 7.74.